The van der Waals surface area contributed by atoms with Gasteiger partial charge < -0.3 is 14.8 Å². The maximum atomic E-state index is 13.2. The van der Waals surface area contributed by atoms with E-state index in [1.165, 1.54) is 18.2 Å². The third-order valence-electron chi connectivity index (χ3n) is 4.52. The van der Waals surface area contributed by atoms with Gasteiger partial charge in [0.1, 0.15) is 12.1 Å². The number of fused-ring (bicyclic) bond motifs is 2. The molecule has 0 bridgehead atoms. The minimum absolute atomic E-state index is 0.175. The molecule has 3 aromatic rings. The maximum Gasteiger partial charge on any atom is 0.339 e. The Balaban J connectivity index is 1.65. The highest BCUT2D eigenvalue weighted by Gasteiger charge is 2.30. The highest BCUT2D eigenvalue weighted by Crippen LogP contribution is 2.37. The molecule has 8 nitrogen and oxygen atoms in total. The van der Waals surface area contributed by atoms with Crippen molar-refractivity contribution >= 4 is 29.2 Å². The van der Waals surface area contributed by atoms with Crippen LogP contribution in [0.4, 0.5) is 11.4 Å². The van der Waals surface area contributed by atoms with Crippen LogP contribution in [0.2, 0.25) is 0 Å². The number of aromatic nitrogens is 1. The molecule has 150 valence electrons. The van der Waals surface area contributed by atoms with Gasteiger partial charge in [0.05, 0.1) is 24.0 Å². The average Bonchev–Trinajstić information content (AvgIpc) is 2.88. The second kappa shape index (κ2) is 8.04. The number of hydrogen-bond acceptors (Lipinski definition) is 6. The van der Waals surface area contributed by atoms with Crippen molar-refractivity contribution in [3.8, 4) is 11.6 Å². The van der Waals surface area contributed by atoms with Gasteiger partial charge in [-0.2, -0.15) is 0 Å². The van der Waals surface area contributed by atoms with Crippen molar-refractivity contribution in [3.05, 3.63) is 78.0 Å². The zero-order valence-corrected chi connectivity index (χ0v) is 16.0. The third kappa shape index (κ3) is 3.58. The van der Waals surface area contributed by atoms with Crippen LogP contribution in [0.5, 0.6) is 11.6 Å². The molecule has 0 radical (unpaired) electrons. The van der Waals surface area contributed by atoms with Crippen LogP contribution in [-0.2, 0) is 9.53 Å². The van der Waals surface area contributed by atoms with Gasteiger partial charge in [-0.1, -0.05) is 24.3 Å². The summed E-state index contributed by atoms with van der Waals surface area (Å²) in [6, 6.07) is 16.6. The molecule has 0 saturated carbocycles. The first-order valence-electron chi connectivity index (χ1n) is 9.09. The number of carbonyl (C=O) groups excluding carboxylic acids is 3. The van der Waals surface area contributed by atoms with Crippen LogP contribution in [0.25, 0.3) is 0 Å². The quantitative estimate of drug-likeness (QED) is 0.672. The summed E-state index contributed by atoms with van der Waals surface area (Å²) in [6.45, 7) is -0.289. The Bertz CT molecular complexity index is 1140. The second-order valence-corrected chi connectivity index (χ2v) is 6.40. The molecular weight excluding hydrogens is 386 g/mol. The summed E-state index contributed by atoms with van der Waals surface area (Å²) < 4.78 is 10.6. The Kier molecular flexibility index (Phi) is 5.13. The zero-order chi connectivity index (χ0) is 21.1. The van der Waals surface area contributed by atoms with E-state index >= 15 is 0 Å². The van der Waals surface area contributed by atoms with Crippen LogP contribution in [0.15, 0.2) is 66.9 Å². The van der Waals surface area contributed by atoms with Crippen molar-refractivity contribution in [2.45, 2.75) is 0 Å². The largest absolute Gasteiger partial charge is 0.465 e. The predicted molar refractivity (Wildman–Crippen MR) is 109 cm³/mol. The molecule has 1 aliphatic heterocycles. The first-order valence-corrected chi connectivity index (χ1v) is 9.09. The zero-order valence-electron chi connectivity index (χ0n) is 16.0. The SMILES string of the molecule is COC(=O)c1ccccc1NC(=O)CN1C(=O)c2cccnc2Oc2ccccc21. The minimum atomic E-state index is -0.574. The summed E-state index contributed by atoms with van der Waals surface area (Å²) >= 11 is 0. The van der Waals surface area contributed by atoms with Crippen LogP contribution in [-0.4, -0.2) is 36.4 Å². The molecular formula is C22H17N3O5. The van der Waals surface area contributed by atoms with Crippen molar-refractivity contribution in [2.24, 2.45) is 0 Å². The van der Waals surface area contributed by atoms with Gasteiger partial charge in [-0.15, -0.1) is 0 Å². The summed E-state index contributed by atoms with van der Waals surface area (Å²) in [4.78, 5) is 43.4. The van der Waals surface area contributed by atoms with Crippen molar-refractivity contribution in [1.82, 2.24) is 4.98 Å². The fraction of sp³-hybridized carbons (Fsp3) is 0.0909. The molecule has 30 heavy (non-hydrogen) atoms. The lowest BCUT2D eigenvalue weighted by Gasteiger charge is -2.21. The predicted octanol–water partition coefficient (Wildman–Crippen LogP) is 3.26. The van der Waals surface area contributed by atoms with E-state index in [0.717, 1.165) is 0 Å². The highest BCUT2D eigenvalue weighted by molar-refractivity contribution is 6.13. The van der Waals surface area contributed by atoms with E-state index in [4.69, 9.17) is 9.47 Å². The molecule has 1 N–H and O–H groups in total. The first-order chi connectivity index (χ1) is 14.6. The number of amides is 2. The van der Waals surface area contributed by atoms with E-state index < -0.39 is 17.8 Å². The van der Waals surface area contributed by atoms with Crippen LogP contribution in [0.1, 0.15) is 20.7 Å². The van der Waals surface area contributed by atoms with Crippen LogP contribution < -0.4 is 15.0 Å². The van der Waals surface area contributed by atoms with Crippen molar-refractivity contribution in [3.63, 3.8) is 0 Å². The van der Waals surface area contributed by atoms with E-state index in [2.05, 4.69) is 10.3 Å². The molecule has 0 fully saturated rings. The van der Waals surface area contributed by atoms with E-state index in [1.54, 1.807) is 60.7 Å². The second-order valence-electron chi connectivity index (χ2n) is 6.40. The monoisotopic (exact) mass is 403 g/mol. The number of benzene rings is 2. The van der Waals surface area contributed by atoms with E-state index in [0.29, 0.717) is 17.1 Å². The Morgan fingerprint density at radius 1 is 1.07 bits per heavy atom. The van der Waals surface area contributed by atoms with Gasteiger partial charge in [0.15, 0.2) is 5.75 Å². The van der Waals surface area contributed by atoms with Gasteiger partial charge in [-0.05, 0) is 36.4 Å². The molecule has 8 heteroatoms. The average molecular weight is 403 g/mol. The van der Waals surface area contributed by atoms with E-state index in [1.807, 2.05) is 0 Å². The van der Waals surface area contributed by atoms with Crippen molar-refractivity contribution < 1.29 is 23.9 Å². The lowest BCUT2D eigenvalue weighted by Crippen LogP contribution is -2.38. The number of pyridine rings is 1. The number of carbonyl (C=O) groups is 3. The number of para-hydroxylation sites is 3. The number of methoxy groups -OCH3 is 1. The number of ether oxygens (including phenoxy) is 2. The van der Waals surface area contributed by atoms with Crippen molar-refractivity contribution in [2.75, 3.05) is 23.9 Å². The number of nitrogens with zero attached hydrogens (tertiary/aromatic N) is 2. The molecule has 2 aromatic carbocycles. The molecule has 0 spiro atoms. The molecule has 0 aliphatic carbocycles. The molecule has 0 atom stereocenters. The number of nitrogens with one attached hydrogen (secondary N) is 1. The molecule has 0 saturated heterocycles. The molecule has 2 heterocycles. The molecule has 2 amide bonds. The molecule has 1 aliphatic rings. The Hall–Kier alpha value is -4.20. The van der Waals surface area contributed by atoms with Crippen LogP contribution in [0.3, 0.4) is 0 Å². The van der Waals surface area contributed by atoms with Gasteiger partial charge in [-0.3, -0.25) is 14.5 Å². The summed E-state index contributed by atoms with van der Waals surface area (Å²) in [6.07, 6.45) is 1.53. The van der Waals surface area contributed by atoms with Gasteiger partial charge in [0.25, 0.3) is 5.91 Å². The number of rotatable bonds is 4. The third-order valence-corrected chi connectivity index (χ3v) is 4.52. The standard InChI is InChI=1S/C22H17N3O5/c1-29-22(28)14-7-2-3-9-16(14)24-19(26)13-25-17-10-4-5-11-18(17)30-20-15(21(25)27)8-6-12-23-20/h2-12H,13H2,1H3,(H,24,26). The topological polar surface area (TPSA) is 97.8 Å². The summed E-state index contributed by atoms with van der Waals surface area (Å²) in [5.41, 5.74) is 1.20. The maximum absolute atomic E-state index is 13.2. The number of hydrogen-bond donors (Lipinski definition) is 1. The lowest BCUT2D eigenvalue weighted by molar-refractivity contribution is -0.114. The number of anilines is 2. The molecule has 1 aromatic heterocycles. The van der Waals surface area contributed by atoms with Gasteiger partial charge in [0, 0.05) is 6.20 Å². The lowest BCUT2D eigenvalue weighted by atomic mass is 10.1. The van der Waals surface area contributed by atoms with Gasteiger partial charge in [0.2, 0.25) is 11.8 Å². The van der Waals surface area contributed by atoms with Crippen LogP contribution >= 0.6 is 0 Å². The normalized spacial score (nSPS) is 12.2. The summed E-state index contributed by atoms with van der Waals surface area (Å²) in [5.74, 6) is -0.892. The van der Waals surface area contributed by atoms with Crippen molar-refractivity contribution in [1.29, 1.82) is 0 Å². The fourth-order valence-electron chi connectivity index (χ4n) is 3.13. The van der Waals surface area contributed by atoms with Gasteiger partial charge >= 0.3 is 5.97 Å². The fourth-order valence-corrected chi connectivity index (χ4v) is 3.13. The minimum Gasteiger partial charge on any atom is -0.465 e. The van der Waals surface area contributed by atoms with Gasteiger partial charge in [-0.25, -0.2) is 9.78 Å². The Morgan fingerprint density at radius 3 is 2.67 bits per heavy atom. The highest BCUT2D eigenvalue weighted by atomic mass is 16.5. The summed E-state index contributed by atoms with van der Waals surface area (Å²) in [7, 11) is 1.26. The molecule has 4 rings (SSSR count). The summed E-state index contributed by atoms with van der Waals surface area (Å²) in [5, 5.41) is 2.68. The molecule has 0 unspecified atom stereocenters. The first kappa shape index (κ1) is 19.1. The Labute approximate surface area is 172 Å². The Morgan fingerprint density at radius 2 is 1.83 bits per heavy atom. The van der Waals surface area contributed by atoms with E-state index in [9.17, 15) is 14.4 Å². The van der Waals surface area contributed by atoms with Crippen LogP contribution in [0, 0.1) is 0 Å². The van der Waals surface area contributed by atoms with E-state index in [-0.39, 0.29) is 23.6 Å². The number of esters is 1. The smallest absolute Gasteiger partial charge is 0.339 e.